The number of amides is 1. The van der Waals surface area contributed by atoms with Crippen molar-refractivity contribution in [3.8, 4) is 0 Å². The molecule has 0 bridgehead atoms. The minimum atomic E-state index is 0.0906. The summed E-state index contributed by atoms with van der Waals surface area (Å²) in [5.41, 5.74) is 2.44. The van der Waals surface area contributed by atoms with Gasteiger partial charge in [0.25, 0.3) is 5.91 Å². The molecule has 6 nitrogen and oxygen atoms in total. The minimum Gasteiger partial charge on any atom is -0.469 e. The molecule has 0 N–H and O–H groups in total. The molecular formula is C14H16N4O2S. The van der Waals surface area contributed by atoms with Gasteiger partial charge in [-0.1, -0.05) is 11.3 Å². The summed E-state index contributed by atoms with van der Waals surface area (Å²) in [6, 6.07) is 2.41. The summed E-state index contributed by atoms with van der Waals surface area (Å²) in [6.07, 6.45) is 3.57. The molecule has 110 valence electrons. The smallest absolute Gasteiger partial charge is 0.257 e. The van der Waals surface area contributed by atoms with E-state index in [9.17, 15) is 4.79 Å². The van der Waals surface area contributed by atoms with Crippen molar-refractivity contribution < 1.29 is 9.21 Å². The zero-order valence-electron chi connectivity index (χ0n) is 11.7. The van der Waals surface area contributed by atoms with Crippen molar-refractivity contribution in [3.05, 3.63) is 29.2 Å². The summed E-state index contributed by atoms with van der Waals surface area (Å²) in [6.45, 7) is 3.58. The van der Waals surface area contributed by atoms with E-state index in [1.807, 2.05) is 11.8 Å². The highest BCUT2D eigenvalue weighted by molar-refractivity contribution is 7.13. The van der Waals surface area contributed by atoms with E-state index in [1.165, 1.54) is 0 Å². The molecule has 0 radical (unpaired) electrons. The molecule has 2 aromatic rings. The molecule has 0 saturated carbocycles. The van der Waals surface area contributed by atoms with E-state index < -0.39 is 0 Å². The van der Waals surface area contributed by atoms with Gasteiger partial charge in [-0.2, -0.15) is 0 Å². The molecule has 7 heteroatoms. The Morgan fingerprint density at radius 2 is 2.24 bits per heavy atom. The van der Waals surface area contributed by atoms with Gasteiger partial charge >= 0.3 is 0 Å². The molecule has 4 heterocycles. The number of rotatable bonds is 2. The Hall–Kier alpha value is -1.89. The normalized spacial score (nSPS) is 24.6. The van der Waals surface area contributed by atoms with Crippen molar-refractivity contribution in [2.24, 2.45) is 0 Å². The van der Waals surface area contributed by atoms with Crippen LogP contribution >= 0.6 is 11.3 Å². The van der Waals surface area contributed by atoms with Crippen molar-refractivity contribution in [2.75, 3.05) is 18.0 Å². The molecule has 0 unspecified atom stereocenters. The number of likely N-dealkylation sites (tertiary alicyclic amines) is 1. The molecule has 4 rings (SSSR count). The number of nitrogens with zero attached hydrogens (tertiary/aromatic N) is 4. The number of anilines is 1. The number of aryl methyl sites for hydroxylation is 1. The van der Waals surface area contributed by atoms with E-state index in [0.717, 1.165) is 31.1 Å². The number of fused-ring (bicyclic) bond motifs is 1. The molecule has 2 aromatic heterocycles. The van der Waals surface area contributed by atoms with Crippen molar-refractivity contribution in [1.82, 2.24) is 15.1 Å². The molecule has 2 fully saturated rings. The number of hydrogen-bond acceptors (Lipinski definition) is 6. The summed E-state index contributed by atoms with van der Waals surface area (Å²) in [5, 5.41) is 9.06. The molecule has 0 spiro atoms. The Morgan fingerprint density at radius 1 is 1.38 bits per heavy atom. The molecule has 2 saturated heterocycles. The third-order valence-corrected chi connectivity index (χ3v) is 5.25. The second-order valence-electron chi connectivity index (χ2n) is 5.52. The topological polar surface area (TPSA) is 62.5 Å². The van der Waals surface area contributed by atoms with Crippen LogP contribution in [0.15, 0.2) is 22.3 Å². The van der Waals surface area contributed by atoms with E-state index >= 15 is 0 Å². The summed E-state index contributed by atoms with van der Waals surface area (Å²) in [5.74, 6) is 0.787. The Bertz CT molecular complexity index is 654. The predicted molar refractivity (Wildman–Crippen MR) is 78.5 cm³/mol. The first-order valence-electron chi connectivity index (χ1n) is 7.13. The molecule has 2 aliphatic heterocycles. The zero-order chi connectivity index (χ0) is 14.4. The molecule has 21 heavy (non-hydrogen) atoms. The fraction of sp³-hybridized carbons (Fsp3) is 0.500. The van der Waals surface area contributed by atoms with Gasteiger partial charge in [0, 0.05) is 13.1 Å². The van der Waals surface area contributed by atoms with Crippen LogP contribution in [0.25, 0.3) is 0 Å². The van der Waals surface area contributed by atoms with E-state index in [1.54, 1.807) is 29.2 Å². The molecule has 2 atom stereocenters. The van der Waals surface area contributed by atoms with Gasteiger partial charge in [-0.25, -0.2) is 0 Å². The largest absolute Gasteiger partial charge is 0.469 e. The first-order valence-corrected chi connectivity index (χ1v) is 8.01. The lowest BCUT2D eigenvalue weighted by Gasteiger charge is -2.25. The molecular weight excluding hydrogens is 288 g/mol. The third kappa shape index (κ3) is 1.95. The second-order valence-corrected chi connectivity index (χ2v) is 6.33. The van der Waals surface area contributed by atoms with E-state index in [0.29, 0.717) is 17.4 Å². The summed E-state index contributed by atoms with van der Waals surface area (Å²) in [4.78, 5) is 17.0. The second kappa shape index (κ2) is 4.84. The number of aromatic nitrogens is 2. The maximum absolute atomic E-state index is 12.7. The maximum Gasteiger partial charge on any atom is 0.257 e. The summed E-state index contributed by atoms with van der Waals surface area (Å²) < 4.78 is 5.26. The highest BCUT2D eigenvalue weighted by atomic mass is 32.1. The van der Waals surface area contributed by atoms with Crippen LogP contribution in [-0.2, 0) is 0 Å². The highest BCUT2D eigenvalue weighted by Crippen LogP contribution is 2.36. The van der Waals surface area contributed by atoms with Crippen LogP contribution < -0.4 is 4.90 Å². The van der Waals surface area contributed by atoms with Crippen molar-refractivity contribution in [2.45, 2.75) is 31.8 Å². The Morgan fingerprint density at radius 3 is 2.95 bits per heavy atom. The van der Waals surface area contributed by atoms with Crippen molar-refractivity contribution in [1.29, 1.82) is 0 Å². The summed E-state index contributed by atoms with van der Waals surface area (Å²) >= 11 is 1.56. The van der Waals surface area contributed by atoms with Crippen LogP contribution in [-0.4, -0.2) is 46.2 Å². The van der Waals surface area contributed by atoms with Crippen LogP contribution in [0.2, 0.25) is 0 Å². The van der Waals surface area contributed by atoms with Gasteiger partial charge in [0.15, 0.2) is 0 Å². The van der Waals surface area contributed by atoms with Crippen molar-refractivity contribution in [3.63, 3.8) is 0 Å². The van der Waals surface area contributed by atoms with Gasteiger partial charge in [0.1, 0.15) is 11.3 Å². The fourth-order valence-corrected chi connectivity index (χ4v) is 4.17. The van der Waals surface area contributed by atoms with Gasteiger partial charge < -0.3 is 14.2 Å². The van der Waals surface area contributed by atoms with Gasteiger partial charge in [-0.15, -0.1) is 10.2 Å². The van der Waals surface area contributed by atoms with Crippen LogP contribution in [0.5, 0.6) is 0 Å². The number of carbonyl (C=O) groups excluding carboxylic acids is 1. The number of hydrogen-bond donors (Lipinski definition) is 0. The Labute approximate surface area is 126 Å². The lowest BCUT2D eigenvalue weighted by Crippen LogP contribution is -2.39. The molecule has 2 aliphatic rings. The molecule has 0 aliphatic carbocycles. The van der Waals surface area contributed by atoms with Gasteiger partial charge in [-0.05, 0) is 25.8 Å². The predicted octanol–water partition coefficient (Wildman–Crippen LogP) is 1.93. The maximum atomic E-state index is 12.7. The van der Waals surface area contributed by atoms with Crippen LogP contribution in [0.3, 0.4) is 0 Å². The lowest BCUT2D eigenvalue weighted by atomic mass is 10.1. The van der Waals surface area contributed by atoms with Crippen LogP contribution in [0, 0.1) is 6.92 Å². The molecule has 0 aromatic carbocycles. The standard InChI is InChI=1S/C14H16N4O2S/c1-9-10(4-7-20-9)13(19)17-5-2-12-11(17)3-6-18(12)14-16-15-8-21-14/h4,7-8,11-12H,2-3,5-6H2,1H3/t11-,12+/m0/s1. The fourth-order valence-electron chi connectivity index (χ4n) is 3.53. The molecule has 1 amide bonds. The van der Waals surface area contributed by atoms with Gasteiger partial charge in [0.05, 0.1) is 23.9 Å². The monoisotopic (exact) mass is 304 g/mol. The van der Waals surface area contributed by atoms with Gasteiger partial charge in [-0.3, -0.25) is 4.79 Å². The van der Waals surface area contributed by atoms with E-state index in [2.05, 4.69) is 15.1 Å². The first-order chi connectivity index (χ1) is 10.3. The average molecular weight is 304 g/mol. The highest BCUT2D eigenvalue weighted by Gasteiger charge is 2.45. The summed E-state index contributed by atoms with van der Waals surface area (Å²) in [7, 11) is 0. The van der Waals surface area contributed by atoms with Crippen molar-refractivity contribution >= 4 is 22.4 Å². The quantitative estimate of drug-likeness (QED) is 0.848. The Balaban J connectivity index is 1.56. The van der Waals surface area contributed by atoms with Gasteiger partial charge in [0.2, 0.25) is 5.13 Å². The van der Waals surface area contributed by atoms with Crippen LogP contribution in [0.4, 0.5) is 5.13 Å². The van der Waals surface area contributed by atoms with E-state index in [4.69, 9.17) is 4.42 Å². The minimum absolute atomic E-state index is 0.0906. The lowest BCUT2D eigenvalue weighted by molar-refractivity contribution is 0.0736. The third-order valence-electron chi connectivity index (χ3n) is 4.52. The zero-order valence-corrected chi connectivity index (χ0v) is 12.5. The number of furan rings is 1. The van der Waals surface area contributed by atoms with Crippen LogP contribution in [0.1, 0.15) is 29.0 Å². The Kier molecular flexibility index (Phi) is 2.95. The SMILES string of the molecule is Cc1occc1C(=O)N1CC[C@@H]2[C@@H]1CCN2c1nncs1. The first kappa shape index (κ1) is 12.8. The number of carbonyl (C=O) groups is 1. The average Bonchev–Trinajstić information content (AvgIpc) is 3.22. The van der Waals surface area contributed by atoms with E-state index in [-0.39, 0.29) is 11.9 Å².